The van der Waals surface area contributed by atoms with Crippen LogP contribution in [0.15, 0.2) is 42.7 Å². The lowest BCUT2D eigenvalue weighted by atomic mass is 10.1. The van der Waals surface area contributed by atoms with Crippen LogP contribution in [0.25, 0.3) is 0 Å². The van der Waals surface area contributed by atoms with Gasteiger partial charge >= 0.3 is 0 Å². The van der Waals surface area contributed by atoms with Crippen molar-refractivity contribution in [2.24, 2.45) is 0 Å². The lowest BCUT2D eigenvalue weighted by Crippen LogP contribution is -2.22. The van der Waals surface area contributed by atoms with Crippen molar-refractivity contribution in [3.63, 3.8) is 0 Å². The Bertz CT molecular complexity index is 610. The normalized spacial score (nSPS) is 14.2. The highest BCUT2D eigenvalue weighted by molar-refractivity contribution is 6.31. The van der Waals surface area contributed by atoms with Gasteiger partial charge in [0.15, 0.2) is 0 Å². The van der Waals surface area contributed by atoms with Gasteiger partial charge in [-0.05, 0) is 36.1 Å². The molecular weight excluding hydrogens is 282 g/mol. The van der Waals surface area contributed by atoms with Gasteiger partial charge in [-0.15, -0.1) is 0 Å². The predicted molar refractivity (Wildman–Crippen MR) is 87.7 cm³/mol. The van der Waals surface area contributed by atoms with Gasteiger partial charge in [0, 0.05) is 37.4 Å². The van der Waals surface area contributed by atoms with E-state index in [1.165, 1.54) is 18.4 Å². The maximum absolute atomic E-state index is 6.25. The SMILES string of the molecule is CN(Cc1ccccc1Cl)c1cnccc1CNC1CC1. The van der Waals surface area contributed by atoms with Crippen molar-refractivity contribution in [3.05, 3.63) is 58.9 Å². The van der Waals surface area contributed by atoms with Crippen LogP contribution in [0.1, 0.15) is 24.0 Å². The first-order valence-corrected chi connectivity index (χ1v) is 7.72. The first-order chi connectivity index (χ1) is 10.2. The summed E-state index contributed by atoms with van der Waals surface area (Å²) in [5, 5.41) is 4.37. The molecule has 4 heteroatoms. The molecule has 0 unspecified atom stereocenters. The molecule has 1 N–H and O–H groups in total. The maximum Gasteiger partial charge on any atom is 0.0598 e. The van der Waals surface area contributed by atoms with Gasteiger partial charge in [0.1, 0.15) is 0 Å². The van der Waals surface area contributed by atoms with Crippen LogP contribution < -0.4 is 10.2 Å². The summed E-state index contributed by atoms with van der Waals surface area (Å²) in [5.74, 6) is 0. The van der Waals surface area contributed by atoms with Crippen LogP contribution in [0.4, 0.5) is 5.69 Å². The van der Waals surface area contributed by atoms with E-state index in [1.807, 2.05) is 30.6 Å². The quantitative estimate of drug-likeness (QED) is 0.883. The van der Waals surface area contributed by atoms with Crippen molar-refractivity contribution in [1.82, 2.24) is 10.3 Å². The Labute approximate surface area is 131 Å². The molecule has 0 aliphatic heterocycles. The third-order valence-electron chi connectivity index (χ3n) is 3.82. The average Bonchev–Trinajstić information content (AvgIpc) is 3.32. The highest BCUT2D eigenvalue weighted by Crippen LogP contribution is 2.24. The van der Waals surface area contributed by atoms with E-state index in [2.05, 4.69) is 34.4 Å². The fourth-order valence-electron chi connectivity index (χ4n) is 2.42. The number of rotatable bonds is 6. The van der Waals surface area contributed by atoms with Gasteiger partial charge in [-0.3, -0.25) is 4.98 Å². The summed E-state index contributed by atoms with van der Waals surface area (Å²) in [6, 6.07) is 10.8. The predicted octanol–water partition coefficient (Wildman–Crippen LogP) is 3.62. The van der Waals surface area contributed by atoms with Crippen molar-refractivity contribution in [2.75, 3.05) is 11.9 Å². The Kier molecular flexibility index (Phi) is 4.42. The summed E-state index contributed by atoms with van der Waals surface area (Å²) in [6.07, 6.45) is 6.39. The van der Waals surface area contributed by atoms with E-state index in [-0.39, 0.29) is 0 Å². The summed E-state index contributed by atoms with van der Waals surface area (Å²) < 4.78 is 0. The molecule has 0 atom stereocenters. The molecule has 1 saturated carbocycles. The maximum atomic E-state index is 6.25. The van der Waals surface area contributed by atoms with E-state index in [1.54, 1.807) is 0 Å². The van der Waals surface area contributed by atoms with Gasteiger partial charge < -0.3 is 10.2 Å². The zero-order valence-corrected chi connectivity index (χ0v) is 13.0. The molecular formula is C17H20ClN3. The number of nitrogens with one attached hydrogen (secondary N) is 1. The first kappa shape index (κ1) is 14.4. The van der Waals surface area contributed by atoms with Crippen LogP contribution in [0.5, 0.6) is 0 Å². The monoisotopic (exact) mass is 301 g/mol. The molecule has 1 fully saturated rings. The Hall–Kier alpha value is -1.58. The zero-order chi connectivity index (χ0) is 14.7. The minimum atomic E-state index is 0.708. The molecule has 2 aromatic rings. The molecule has 1 aromatic carbocycles. The van der Waals surface area contributed by atoms with Crippen molar-refractivity contribution >= 4 is 17.3 Å². The molecule has 1 heterocycles. The molecule has 0 amide bonds. The van der Waals surface area contributed by atoms with E-state index in [4.69, 9.17) is 11.6 Å². The van der Waals surface area contributed by atoms with Crippen LogP contribution in [-0.2, 0) is 13.1 Å². The summed E-state index contributed by atoms with van der Waals surface area (Å²) in [4.78, 5) is 6.48. The second-order valence-electron chi connectivity index (χ2n) is 5.61. The van der Waals surface area contributed by atoms with E-state index in [9.17, 15) is 0 Å². The number of nitrogens with zero attached hydrogens (tertiary/aromatic N) is 2. The number of hydrogen-bond donors (Lipinski definition) is 1. The molecule has 3 rings (SSSR count). The van der Waals surface area contributed by atoms with Crippen LogP contribution >= 0.6 is 11.6 Å². The van der Waals surface area contributed by atoms with Crippen LogP contribution in [0, 0.1) is 0 Å². The summed E-state index contributed by atoms with van der Waals surface area (Å²) in [6.45, 7) is 1.68. The molecule has 21 heavy (non-hydrogen) atoms. The summed E-state index contributed by atoms with van der Waals surface area (Å²) in [7, 11) is 2.08. The number of hydrogen-bond acceptors (Lipinski definition) is 3. The topological polar surface area (TPSA) is 28.2 Å². The Morgan fingerprint density at radius 2 is 2.05 bits per heavy atom. The molecule has 0 bridgehead atoms. The lowest BCUT2D eigenvalue weighted by molar-refractivity contribution is 0.684. The number of benzene rings is 1. The Balaban J connectivity index is 1.74. The van der Waals surface area contributed by atoms with E-state index in [0.29, 0.717) is 6.04 Å². The van der Waals surface area contributed by atoms with Gasteiger partial charge in [0.25, 0.3) is 0 Å². The third-order valence-corrected chi connectivity index (χ3v) is 4.19. The molecule has 0 saturated heterocycles. The zero-order valence-electron chi connectivity index (χ0n) is 12.2. The van der Waals surface area contributed by atoms with Crippen molar-refractivity contribution < 1.29 is 0 Å². The van der Waals surface area contributed by atoms with Crippen LogP contribution in [-0.4, -0.2) is 18.1 Å². The molecule has 1 aliphatic rings. The lowest BCUT2D eigenvalue weighted by Gasteiger charge is -2.22. The molecule has 0 radical (unpaired) electrons. The van der Waals surface area contributed by atoms with Crippen LogP contribution in [0.2, 0.25) is 5.02 Å². The molecule has 1 aromatic heterocycles. The number of aromatic nitrogens is 1. The van der Waals surface area contributed by atoms with Gasteiger partial charge in [0.05, 0.1) is 11.9 Å². The highest BCUT2D eigenvalue weighted by Gasteiger charge is 2.20. The van der Waals surface area contributed by atoms with Crippen molar-refractivity contribution in [2.45, 2.75) is 32.0 Å². The average molecular weight is 302 g/mol. The summed E-state index contributed by atoms with van der Waals surface area (Å²) in [5.41, 5.74) is 3.57. The molecule has 110 valence electrons. The van der Waals surface area contributed by atoms with E-state index in [0.717, 1.165) is 29.4 Å². The Morgan fingerprint density at radius 3 is 2.81 bits per heavy atom. The number of halogens is 1. The van der Waals surface area contributed by atoms with Gasteiger partial charge in [-0.2, -0.15) is 0 Å². The standard InChI is InChI=1S/C17H20ClN3/c1-21(12-14-4-2-3-5-16(14)18)17-11-19-9-8-13(17)10-20-15-6-7-15/h2-5,8-9,11,15,20H,6-7,10,12H2,1H3. The number of pyridine rings is 1. The fraction of sp³-hybridized carbons (Fsp3) is 0.353. The van der Waals surface area contributed by atoms with Gasteiger partial charge in [0.2, 0.25) is 0 Å². The highest BCUT2D eigenvalue weighted by atomic mass is 35.5. The molecule has 1 aliphatic carbocycles. The van der Waals surface area contributed by atoms with Crippen molar-refractivity contribution in [1.29, 1.82) is 0 Å². The van der Waals surface area contributed by atoms with E-state index >= 15 is 0 Å². The molecule has 0 spiro atoms. The van der Waals surface area contributed by atoms with Gasteiger partial charge in [-0.1, -0.05) is 29.8 Å². The molecule has 3 nitrogen and oxygen atoms in total. The first-order valence-electron chi connectivity index (χ1n) is 7.35. The minimum Gasteiger partial charge on any atom is -0.369 e. The number of anilines is 1. The van der Waals surface area contributed by atoms with Gasteiger partial charge in [-0.25, -0.2) is 0 Å². The van der Waals surface area contributed by atoms with E-state index < -0.39 is 0 Å². The minimum absolute atomic E-state index is 0.708. The second-order valence-corrected chi connectivity index (χ2v) is 6.01. The Morgan fingerprint density at radius 1 is 1.24 bits per heavy atom. The third kappa shape index (κ3) is 3.74. The van der Waals surface area contributed by atoms with Crippen molar-refractivity contribution in [3.8, 4) is 0 Å². The smallest absolute Gasteiger partial charge is 0.0598 e. The van der Waals surface area contributed by atoms with Crippen LogP contribution in [0.3, 0.4) is 0 Å². The summed E-state index contributed by atoms with van der Waals surface area (Å²) >= 11 is 6.25. The second kappa shape index (κ2) is 6.46. The largest absolute Gasteiger partial charge is 0.369 e. The fourth-order valence-corrected chi connectivity index (χ4v) is 2.61.